The van der Waals surface area contributed by atoms with Gasteiger partial charge in [0.15, 0.2) is 0 Å². The molecule has 1 atom stereocenters. The van der Waals surface area contributed by atoms with E-state index in [1.807, 2.05) is 0 Å². The number of ether oxygens (including phenoxy) is 1. The molecule has 1 fully saturated rings. The van der Waals surface area contributed by atoms with E-state index in [-0.39, 0.29) is 29.5 Å². The van der Waals surface area contributed by atoms with E-state index in [4.69, 9.17) is 9.72 Å². The normalized spacial score (nSPS) is 21.3. The molecule has 1 aromatic carbocycles. The van der Waals surface area contributed by atoms with Gasteiger partial charge < -0.3 is 14.6 Å². The molecule has 32 heavy (non-hydrogen) atoms. The minimum absolute atomic E-state index is 0.0495. The molecule has 3 aliphatic rings. The van der Waals surface area contributed by atoms with Crippen molar-refractivity contribution in [2.24, 2.45) is 0 Å². The number of fused-ring (bicyclic) bond motifs is 1. The van der Waals surface area contributed by atoms with Crippen molar-refractivity contribution < 1.29 is 13.9 Å². The lowest BCUT2D eigenvalue weighted by molar-refractivity contribution is 0.0726. The van der Waals surface area contributed by atoms with Gasteiger partial charge in [-0.2, -0.15) is 0 Å². The van der Waals surface area contributed by atoms with Crippen LogP contribution in [-0.4, -0.2) is 65.1 Å². The number of rotatable bonds is 4. The Bertz CT molecular complexity index is 1110. The number of halogens is 1. The van der Waals surface area contributed by atoms with E-state index in [9.17, 15) is 14.0 Å². The molecule has 2 aromatic rings. The molecule has 1 aromatic heterocycles. The third-order valence-corrected chi connectivity index (χ3v) is 6.55. The molecule has 5 rings (SSSR count). The third-order valence-electron chi connectivity index (χ3n) is 6.55. The van der Waals surface area contributed by atoms with Crippen LogP contribution in [0.2, 0.25) is 0 Å². The summed E-state index contributed by atoms with van der Waals surface area (Å²) in [4.78, 5) is 37.3. The Morgan fingerprint density at radius 1 is 1.28 bits per heavy atom. The number of aromatic nitrogens is 2. The first-order valence-electron chi connectivity index (χ1n) is 11.2. The van der Waals surface area contributed by atoms with Crippen molar-refractivity contribution in [3.05, 3.63) is 74.7 Å². The molecule has 8 heteroatoms. The zero-order valence-corrected chi connectivity index (χ0v) is 18.0. The molecule has 3 aliphatic heterocycles. The Kier molecular flexibility index (Phi) is 5.89. The second kappa shape index (κ2) is 8.96. The highest BCUT2D eigenvalue weighted by Crippen LogP contribution is 2.27. The predicted octanol–water partition coefficient (Wildman–Crippen LogP) is 2.24. The minimum Gasteiger partial charge on any atom is -0.377 e. The van der Waals surface area contributed by atoms with Crippen LogP contribution < -0.4 is 5.56 Å². The number of nitrogens with zero attached hydrogens (tertiary/aromatic N) is 3. The standard InChI is InChI=1S/C24H27FN4O3/c25-20-6-2-1-5-18(20)24(31)29-10-8-19-21(14-29)26-22(27-23(19)30)17-7-9-28(13-17)12-16-4-3-11-32-15-16/h1-2,4-6,17H,3,7-15H2,(H,26,27,30)/t17-/m0/s1. The summed E-state index contributed by atoms with van der Waals surface area (Å²) >= 11 is 0. The van der Waals surface area contributed by atoms with Crippen LogP contribution in [0.3, 0.4) is 0 Å². The minimum atomic E-state index is -0.535. The Morgan fingerprint density at radius 2 is 2.16 bits per heavy atom. The zero-order valence-electron chi connectivity index (χ0n) is 18.0. The lowest BCUT2D eigenvalue weighted by Crippen LogP contribution is -2.40. The number of hydrogen-bond acceptors (Lipinski definition) is 5. The average molecular weight is 439 g/mol. The quantitative estimate of drug-likeness (QED) is 0.741. The van der Waals surface area contributed by atoms with Crippen molar-refractivity contribution in [1.29, 1.82) is 0 Å². The summed E-state index contributed by atoms with van der Waals surface area (Å²) in [6.07, 6.45) is 4.57. The van der Waals surface area contributed by atoms with Gasteiger partial charge >= 0.3 is 0 Å². The van der Waals surface area contributed by atoms with E-state index in [2.05, 4.69) is 16.0 Å². The van der Waals surface area contributed by atoms with Gasteiger partial charge in [-0.3, -0.25) is 14.5 Å². The fourth-order valence-electron chi connectivity index (χ4n) is 4.84. The van der Waals surface area contributed by atoms with Gasteiger partial charge in [0.05, 0.1) is 31.0 Å². The van der Waals surface area contributed by atoms with Gasteiger partial charge in [0.25, 0.3) is 11.5 Å². The van der Waals surface area contributed by atoms with Crippen LogP contribution in [-0.2, 0) is 17.7 Å². The number of hydrogen-bond donors (Lipinski definition) is 1. The van der Waals surface area contributed by atoms with Crippen molar-refractivity contribution in [1.82, 2.24) is 19.8 Å². The monoisotopic (exact) mass is 438 g/mol. The van der Waals surface area contributed by atoms with Crippen LogP contribution in [0.4, 0.5) is 4.39 Å². The Morgan fingerprint density at radius 3 is 2.97 bits per heavy atom. The summed E-state index contributed by atoms with van der Waals surface area (Å²) < 4.78 is 19.6. The number of aromatic amines is 1. The summed E-state index contributed by atoms with van der Waals surface area (Å²) in [6, 6.07) is 5.99. The highest BCUT2D eigenvalue weighted by atomic mass is 19.1. The smallest absolute Gasteiger partial charge is 0.257 e. The number of amides is 1. The van der Waals surface area contributed by atoms with Crippen LogP contribution in [0.5, 0.6) is 0 Å². The molecule has 0 saturated carbocycles. The number of benzene rings is 1. The fraction of sp³-hybridized carbons (Fsp3) is 0.458. The molecule has 0 radical (unpaired) electrons. The van der Waals surface area contributed by atoms with E-state index < -0.39 is 5.82 Å². The van der Waals surface area contributed by atoms with Gasteiger partial charge in [-0.05, 0) is 43.5 Å². The summed E-state index contributed by atoms with van der Waals surface area (Å²) in [6.45, 7) is 4.75. The van der Waals surface area contributed by atoms with Crippen molar-refractivity contribution in [3.63, 3.8) is 0 Å². The predicted molar refractivity (Wildman–Crippen MR) is 117 cm³/mol. The Balaban J connectivity index is 1.31. The summed E-state index contributed by atoms with van der Waals surface area (Å²) in [5, 5.41) is 0. The van der Waals surface area contributed by atoms with Crippen LogP contribution in [0, 0.1) is 5.82 Å². The van der Waals surface area contributed by atoms with E-state index in [1.54, 1.807) is 17.0 Å². The van der Waals surface area contributed by atoms with E-state index in [0.717, 1.165) is 39.1 Å². The summed E-state index contributed by atoms with van der Waals surface area (Å²) in [5.74, 6) is -0.0687. The second-order valence-electron chi connectivity index (χ2n) is 8.76. The van der Waals surface area contributed by atoms with Crippen LogP contribution >= 0.6 is 0 Å². The molecule has 1 saturated heterocycles. The number of likely N-dealkylation sites (tertiary alicyclic amines) is 1. The molecular weight excluding hydrogens is 411 g/mol. The number of carbonyl (C=O) groups excluding carboxylic acids is 1. The van der Waals surface area contributed by atoms with Gasteiger partial charge in [0.2, 0.25) is 0 Å². The fourth-order valence-corrected chi connectivity index (χ4v) is 4.84. The zero-order chi connectivity index (χ0) is 22.1. The SMILES string of the molecule is O=C(c1ccccc1F)N1CCc2c(nc([C@H]3CCN(CC4=CCCOC4)C3)[nH]c2=O)C1. The molecule has 0 unspecified atom stereocenters. The van der Waals surface area contributed by atoms with Crippen molar-refractivity contribution in [3.8, 4) is 0 Å². The second-order valence-corrected chi connectivity index (χ2v) is 8.76. The number of nitrogens with one attached hydrogen (secondary N) is 1. The molecule has 0 spiro atoms. The molecule has 7 nitrogen and oxygen atoms in total. The highest BCUT2D eigenvalue weighted by molar-refractivity contribution is 5.94. The maximum Gasteiger partial charge on any atom is 0.257 e. The molecule has 1 amide bonds. The Hall–Kier alpha value is -2.84. The van der Waals surface area contributed by atoms with Gasteiger partial charge in [-0.1, -0.05) is 18.2 Å². The van der Waals surface area contributed by atoms with Gasteiger partial charge in [-0.15, -0.1) is 0 Å². The van der Waals surface area contributed by atoms with Gasteiger partial charge in [-0.25, -0.2) is 9.37 Å². The summed E-state index contributed by atoms with van der Waals surface area (Å²) in [7, 11) is 0. The first kappa shape index (κ1) is 21.0. The molecule has 1 N–H and O–H groups in total. The molecule has 0 bridgehead atoms. The van der Waals surface area contributed by atoms with Crippen LogP contribution in [0.15, 0.2) is 40.7 Å². The lowest BCUT2D eigenvalue weighted by Gasteiger charge is -2.28. The van der Waals surface area contributed by atoms with Crippen LogP contribution in [0.1, 0.15) is 46.2 Å². The van der Waals surface area contributed by atoms with Crippen molar-refractivity contribution in [2.75, 3.05) is 39.4 Å². The van der Waals surface area contributed by atoms with Gasteiger partial charge in [0.1, 0.15) is 11.6 Å². The molecule has 0 aliphatic carbocycles. The Labute approximate surface area is 185 Å². The molecule has 4 heterocycles. The third kappa shape index (κ3) is 4.25. The van der Waals surface area contributed by atoms with Gasteiger partial charge in [0, 0.05) is 31.1 Å². The summed E-state index contributed by atoms with van der Waals surface area (Å²) in [5.41, 5.74) is 2.50. The maximum atomic E-state index is 14.1. The number of H-pyrrole nitrogens is 1. The number of carbonyl (C=O) groups is 1. The average Bonchev–Trinajstić information content (AvgIpc) is 3.28. The first-order chi connectivity index (χ1) is 15.6. The lowest BCUT2D eigenvalue weighted by atomic mass is 10.0. The van der Waals surface area contributed by atoms with E-state index >= 15 is 0 Å². The van der Waals surface area contributed by atoms with Crippen molar-refractivity contribution >= 4 is 5.91 Å². The molecular formula is C24H27FN4O3. The van der Waals surface area contributed by atoms with E-state index in [0.29, 0.717) is 36.7 Å². The van der Waals surface area contributed by atoms with E-state index in [1.165, 1.54) is 17.7 Å². The first-order valence-corrected chi connectivity index (χ1v) is 11.2. The topological polar surface area (TPSA) is 78.5 Å². The van der Waals surface area contributed by atoms with Crippen LogP contribution in [0.25, 0.3) is 0 Å². The largest absolute Gasteiger partial charge is 0.377 e. The highest BCUT2D eigenvalue weighted by Gasteiger charge is 2.30. The molecule has 168 valence electrons. The van der Waals surface area contributed by atoms with Crippen molar-refractivity contribution in [2.45, 2.75) is 31.7 Å². The maximum absolute atomic E-state index is 14.1.